The van der Waals surface area contributed by atoms with Crippen LogP contribution in [0.25, 0.3) is 11.1 Å². The number of unbranched alkanes of at least 4 members (excludes halogenated alkanes) is 2. The second kappa shape index (κ2) is 23.3. The number of nitrogens with one attached hydrogen (secondary N) is 3. The molecule has 5 N–H and O–H groups in total. The van der Waals surface area contributed by atoms with Crippen LogP contribution in [0.4, 0.5) is 4.79 Å². The molecule has 0 saturated heterocycles. The summed E-state index contributed by atoms with van der Waals surface area (Å²) in [6.07, 6.45) is 4.77. The molecule has 0 spiro atoms. The number of amides is 3. The Balaban J connectivity index is 1.32. The van der Waals surface area contributed by atoms with Crippen LogP contribution in [0.15, 0.2) is 78.9 Å². The summed E-state index contributed by atoms with van der Waals surface area (Å²) in [5.74, 6) is -1.56. The Morgan fingerprint density at radius 3 is 1.90 bits per heavy atom. The molecule has 0 aliphatic carbocycles. The third-order valence-corrected chi connectivity index (χ3v) is 8.52. The molecule has 12 heteroatoms. The van der Waals surface area contributed by atoms with E-state index in [1.165, 1.54) is 19.8 Å². The van der Waals surface area contributed by atoms with Crippen LogP contribution in [0.2, 0.25) is 0 Å². The van der Waals surface area contributed by atoms with Crippen molar-refractivity contribution in [1.29, 1.82) is 0 Å². The monoisotopic (exact) mass is 716 g/mol. The molecule has 0 aromatic heterocycles. The summed E-state index contributed by atoms with van der Waals surface area (Å²) in [5.41, 5.74) is 11.2. The standard InChI is InChI=1S/C40H52N4O8/c1-50-37(46)25-23-34(41)38(47)42-26-9-7-13-35(39(48)51-2)44-36(45)24-18-30-16-21-33(22-17-30)32-19-14-29(15-20-32)10-6-8-27-43-40(49)52-28-31-11-4-3-5-12-31/h3-5,11-12,14-17,19-22,34-35H,6-10,13,18,23-28,41H2,1-2H3,(H,42,47)(H,43,49)(H,44,45). The SMILES string of the molecule is COC(=O)CCC(N)C(=O)NCCCCC(NC(=O)CCc1ccc(-c2ccc(CCCCNC(=O)OCc3ccccc3)cc2)cc1)C(=O)OC. The maximum absolute atomic E-state index is 12.7. The largest absolute Gasteiger partial charge is 0.469 e. The first-order valence-electron chi connectivity index (χ1n) is 17.8. The van der Waals surface area contributed by atoms with Crippen LogP contribution < -0.4 is 21.7 Å². The predicted molar refractivity (Wildman–Crippen MR) is 198 cm³/mol. The zero-order valence-electron chi connectivity index (χ0n) is 30.2. The molecule has 0 heterocycles. The molecule has 3 amide bonds. The number of hydrogen-bond acceptors (Lipinski definition) is 9. The summed E-state index contributed by atoms with van der Waals surface area (Å²) in [4.78, 5) is 60.3. The van der Waals surface area contributed by atoms with E-state index < -0.39 is 30.1 Å². The number of ether oxygens (including phenoxy) is 3. The van der Waals surface area contributed by atoms with Gasteiger partial charge in [-0.3, -0.25) is 14.4 Å². The zero-order chi connectivity index (χ0) is 37.6. The van der Waals surface area contributed by atoms with Gasteiger partial charge in [-0.1, -0.05) is 78.9 Å². The van der Waals surface area contributed by atoms with E-state index in [9.17, 15) is 24.0 Å². The molecule has 3 rings (SSSR count). The van der Waals surface area contributed by atoms with Crippen molar-refractivity contribution in [3.8, 4) is 11.1 Å². The molecule has 0 bridgehead atoms. The van der Waals surface area contributed by atoms with E-state index >= 15 is 0 Å². The first-order chi connectivity index (χ1) is 25.2. The number of hydrogen-bond donors (Lipinski definition) is 4. The maximum Gasteiger partial charge on any atom is 0.407 e. The number of nitrogens with two attached hydrogens (primary N) is 1. The smallest absolute Gasteiger partial charge is 0.407 e. The molecule has 0 aliphatic heterocycles. The molecule has 0 radical (unpaired) electrons. The van der Waals surface area contributed by atoms with Crippen LogP contribution in [0.1, 0.15) is 68.1 Å². The Bertz CT molecular complexity index is 1550. The van der Waals surface area contributed by atoms with Gasteiger partial charge >= 0.3 is 18.0 Å². The first-order valence-corrected chi connectivity index (χ1v) is 17.8. The van der Waals surface area contributed by atoms with Gasteiger partial charge in [0.15, 0.2) is 0 Å². The Kier molecular flexibility index (Phi) is 18.4. The third-order valence-electron chi connectivity index (χ3n) is 8.52. The number of methoxy groups -OCH3 is 2. The lowest BCUT2D eigenvalue weighted by Crippen LogP contribution is -2.42. The Morgan fingerprint density at radius 1 is 0.654 bits per heavy atom. The van der Waals surface area contributed by atoms with Gasteiger partial charge in [0.1, 0.15) is 12.6 Å². The molecule has 3 aromatic carbocycles. The van der Waals surface area contributed by atoms with E-state index in [0.717, 1.165) is 41.5 Å². The van der Waals surface area contributed by atoms with Crippen LogP contribution >= 0.6 is 0 Å². The van der Waals surface area contributed by atoms with E-state index in [-0.39, 0.29) is 37.7 Å². The van der Waals surface area contributed by atoms with Gasteiger partial charge in [0.2, 0.25) is 11.8 Å². The van der Waals surface area contributed by atoms with Gasteiger partial charge in [-0.15, -0.1) is 0 Å². The number of carbonyl (C=O) groups excluding carboxylic acids is 5. The van der Waals surface area contributed by atoms with Crippen molar-refractivity contribution in [1.82, 2.24) is 16.0 Å². The van der Waals surface area contributed by atoms with Gasteiger partial charge in [0.25, 0.3) is 0 Å². The van der Waals surface area contributed by atoms with Gasteiger partial charge in [0, 0.05) is 25.9 Å². The highest BCUT2D eigenvalue weighted by molar-refractivity contribution is 5.84. The highest BCUT2D eigenvalue weighted by atomic mass is 16.5. The quantitative estimate of drug-likeness (QED) is 0.0649. The van der Waals surface area contributed by atoms with Crippen molar-refractivity contribution < 1.29 is 38.2 Å². The van der Waals surface area contributed by atoms with E-state index in [0.29, 0.717) is 38.8 Å². The number of aryl methyl sites for hydroxylation is 2. The molecule has 0 saturated carbocycles. The fourth-order valence-corrected chi connectivity index (χ4v) is 5.38. The fraction of sp³-hybridized carbons (Fsp3) is 0.425. The van der Waals surface area contributed by atoms with Crippen LogP contribution in [0.5, 0.6) is 0 Å². The average molecular weight is 717 g/mol. The minimum absolute atomic E-state index is 0.0617. The molecule has 0 aliphatic rings. The lowest BCUT2D eigenvalue weighted by Gasteiger charge is -2.17. The van der Waals surface area contributed by atoms with Crippen molar-refractivity contribution in [3.05, 3.63) is 95.6 Å². The van der Waals surface area contributed by atoms with Crippen LogP contribution in [0.3, 0.4) is 0 Å². The van der Waals surface area contributed by atoms with Crippen molar-refractivity contribution in [3.63, 3.8) is 0 Å². The molecular weight excluding hydrogens is 664 g/mol. The summed E-state index contributed by atoms with van der Waals surface area (Å²) >= 11 is 0. The summed E-state index contributed by atoms with van der Waals surface area (Å²) in [6.45, 7) is 1.17. The van der Waals surface area contributed by atoms with Crippen LogP contribution in [-0.2, 0) is 52.8 Å². The molecule has 2 atom stereocenters. The second-order valence-corrected chi connectivity index (χ2v) is 12.5. The lowest BCUT2D eigenvalue weighted by atomic mass is 9.99. The topological polar surface area (TPSA) is 175 Å². The number of esters is 2. The summed E-state index contributed by atoms with van der Waals surface area (Å²) in [6, 6.07) is 24.5. The first kappa shape index (κ1) is 41.2. The van der Waals surface area contributed by atoms with E-state index in [4.69, 9.17) is 15.2 Å². The maximum atomic E-state index is 12.7. The molecule has 280 valence electrons. The summed E-state index contributed by atoms with van der Waals surface area (Å²) in [5, 5.41) is 8.31. The third kappa shape index (κ3) is 15.8. The van der Waals surface area contributed by atoms with Crippen LogP contribution in [-0.4, -0.2) is 69.2 Å². The van der Waals surface area contributed by atoms with Gasteiger partial charge in [-0.2, -0.15) is 0 Å². The number of rotatable bonds is 22. The average Bonchev–Trinajstić information content (AvgIpc) is 3.17. The van der Waals surface area contributed by atoms with Gasteiger partial charge in [-0.05, 0) is 79.2 Å². The summed E-state index contributed by atoms with van der Waals surface area (Å²) < 4.78 is 14.7. The molecule has 52 heavy (non-hydrogen) atoms. The lowest BCUT2D eigenvalue weighted by molar-refractivity contribution is -0.145. The number of alkyl carbamates (subject to hydrolysis) is 1. The van der Waals surface area contributed by atoms with Crippen molar-refractivity contribution in [2.45, 2.75) is 82.9 Å². The second-order valence-electron chi connectivity index (χ2n) is 12.5. The van der Waals surface area contributed by atoms with Gasteiger partial charge < -0.3 is 35.9 Å². The van der Waals surface area contributed by atoms with Crippen molar-refractivity contribution in [2.75, 3.05) is 27.3 Å². The Hall–Kier alpha value is -5.23. The fourth-order valence-electron chi connectivity index (χ4n) is 5.38. The molecule has 3 aromatic rings. The minimum atomic E-state index is -0.813. The van der Waals surface area contributed by atoms with Crippen molar-refractivity contribution >= 4 is 29.8 Å². The summed E-state index contributed by atoms with van der Waals surface area (Å²) in [7, 11) is 2.56. The van der Waals surface area contributed by atoms with Crippen LogP contribution in [0, 0.1) is 0 Å². The normalized spacial score (nSPS) is 11.8. The molecule has 0 fully saturated rings. The van der Waals surface area contributed by atoms with Gasteiger partial charge in [0.05, 0.1) is 20.3 Å². The molecule has 2 unspecified atom stereocenters. The highest BCUT2D eigenvalue weighted by Gasteiger charge is 2.21. The molecule has 12 nitrogen and oxygen atoms in total. The van der Waals surface area contributed by atoms with E-state index in [2.05, 4.69) is 45.0 Å². The number of carbonyl (C=O) groups is 5. The predicted octanol–water partition coefficient (Wildman–Crippen LogP) is 4.76. The van der Waals surface area contributed by atoms with Gasteiger partial charge in [-0.25, -0.2) is 9.59 Å². The zero-order valence-corrected chi connectivity index (χ0v) is 30.2. The van der Waals surface area contributed by atoms with Crippen molar-refractivity contribution in [2.24, 2.45) is 5.73 Å². The number of benzene rings is 3. The van der Waals surface area contributed by atoms with E-state index in [1.807, 2.05) is 54.6 Å². The van der Waals surface area contributed by atoms with E-state index in [1.54, 1.807) is 0 Å². The minimum Gasteiger partial charge on any atom is -0.469 e. The Morgan fingerprint density at radius 2 is 1.27 bits per heavy atom. The Labute approximate surface area is 306 Å². The molecular formula is C40H52N4O8. The highest BCUT2D eigenvalue weighted by Crippen LogP contribution is 2.21.